The van der Waals surface area contributed by atoms with Crippen LogP contribution in [0.5, 0.6) is 0 Å². The lowest BCUT2D eigenvalue weighted by Gasteiger charge is -2.24. The summed E-state index contributed by atoms with van der Waals surface area (Å²) in [5, 5.41) is 19.4. The lowest BCUT2D eigenvalue weighted by molar-refractivity contribution is 0.0576. The van der Waals surface area contributed by atoms with Gasteiger partial charge in [0.05, 0.1) is 17.2 Å². The van der Waals surface area contributed by atoms with Crippen LogP contribution in [0, 0.1) is 17.1 Å². The lowest BCUT2D eigenvalue weighted by Crippen LogP contribution is -2.24. The van der Waals surface area contributed by atoms with E-state index in [2.05, 4.69) is 6.07 Å². The smallest absolute Gasteiger partial charge is 0.123 e. The molecule has 0 radical (unpaired) electrons. The summed E-state index contributed by atoms with van der Waals surface area (Å²) in [5.74, 6) is -0.296. The second-order valence-corrected chi connectivity index (χ2v) is 4.77. The second-order valence-electron chi connectivity index (χ2n) is 4.77. The third-order valence-electron chi connectivity index (χ3n) is 3.08. The first-order valence-corrected chi connectivity index (χ1v) is 5.99. The minimum Gasteiger partial charge on any atom is -0.385 e. The minimum atomic E-state index is -1.09. The van der Waals surface area contributed by atoms with Crippen LogP contribution < -0.4 is 0 Å². The monoisotopic (exact) mass is 255 g/mol. The van der Waals surface area contributed by atoms with Gasteiger partial charge < -0.3 is 5.11 Å². The molecule has 96 valence electrons. The Labute approximate surface area is 111 Å². The Balaban J connectivity index is 2.26. The van der Waals surface area contributed by atoms with Crippen LogP contribution in [0.2, 0.25) is 0 Å². The molecule has 0 bridgehead atoms. The maximum atomic E-state index is 12.8. The average molecular weight is 255 g/mol. The van der Waals surface area contributed by atoms with Gasteiger partial charge in [-0.1, -0.05) is 24.3 Å². The number of rotatable bonds is 3. The molecule has 0 aliphatic heterocycles. The van der Waals surface area contributed by atoms with E-state index in [9.17, 15) is 9.50 Å². The summed E-state index contributed by atoms with van der Waals surface area (Å²) in [5.41, 5.74) is 0.937. The van der Waals surface area contributed by atoms with Gasteiger partial charge in [0.1, 0.15) is 5.82 Å². The highest BCUT2D eigenvalue weighted by molar-refractivity contribution is 5.36. The number of hydrogen-bond acceptors (Lipinski definition) is 2. The highest BCUT2D eigenvalue weighted by atomic mass is 19.1. The van der Waals surface area contributed by atoms with Gasteiger partial charge in [-0.15, -0.1) is 0 Å². The van der Waals surface area contributed by atoms with E-state index in [0.29, 0.717) is 17.5 Å². The molecule has 1 unspecified atom stereocenters. The molecule has 0 aliphatic rings. The molecule has 3 heteroatoms. The van der Waals surface area contributed by atoms with Gasteiger partial charge in [-0.05, 0) is 42.3 Å². The minimum absolute atomic E-state index is 0.296. The molecule has 0 saturated heterocycles. The van der Waals surface area contributed by atoms with Gasteiger partial charge >= 0.3 is 0 Å². The van der Waals surface area contributed by atoms with Crippen molar-refractivity contribution >= 4 is 0 Å². The fraction of sp³-hybridized carbons (Fsp3) is 0.188. The number of benzene rings is 2. The van der Waals surface area contributed by atoms with E-state index < -0.39 is 5.60 Å². The average Bonchev–Trinajstić information content (AvgIpc) is 2.41. The van der Waals surface area contributed by atoms with Gasteiger partial charge in [-0.3, -0.25) is 0 Å². The van der Waals surface area contributed by atoms with Crippen LogP contribution in [0.1, 0.15) is 23.6 Å². The number of hydrogen-bond donors (Lipinski definition) is 1. The standard InChI is InChI=1S/C16H14FNO/c1-16(19,10-12-5-7-15(17)8-6-12)14-4-2-3-13(9-14)11-18/h2-9,19H,10H2,1H3. The molecule has 2 aromatic rings. The maximum absolute atomic E-state index is 12.8. The Morgan fingerprint density at radius 3 is 2.53 bits per heavy atom. The van der Waals surface area contributed by atoms with Crippen molar-refractivity contribution in [1.82, 2.24) is 0 Å². The highest BCUT2D eigenvalue weighted by Crippen LogP contribution is 2.26. The van der Waals surface area contributed by atoms with Crippen molar-refractivity contribution in [2.24, 2.45) is 0 Å². The Kier molecular flexibility index (Phi) is 3.64. The number of aliphatic hydroxyl groups is 1. The second kappa shape index (κ2) is 5.21. The first-order valence-electron chi connectivity index (χ1n) is 5.99. The highest BCUT2D eigenvalue weighted by Gasteiger charge is 2.23. The molecule has 0 saturated carbocycles. The predicted octanol–water partition coefficient (Wildman–Crippen LogP) is 3.15. The summed E-state index contributed by atoms with van der Waals surface area (Å²) in [4.78, 5) is 0. The molecule has 2 nitrogen and oxygen atoms in total. The van der Waals surface area contributed by atoms with Crippen molar-refractivity contribution in [3.05, 3.63) is 71.0 Å². The fourth-order valence-corrected chi connectivity index (χ4v) is 2.03. The Bertz CT molecular complexity index is 611. The molecule has 0 fully saturated rings. The fourth-order valence-electron chi connectivity index (χ4n) is 2.03. The molecule has 19 heavy (non-hydrogen) atoms. The number of halogens is 1. The molecule has 0 amide bonds. The van der Waals surface area contributed by atoms with Crippen molar-refractivity contribution in [1.29, 1.82) is 5.26 Å². The molecule has 2 rings (SSSR count). The normalized spacial score (nSPS) is 13.6. The third-order valence-corrected chi connectivity index (χ3v) is 3.08. The molecule has 1 atom stereocenters. The van der Waals surface area contributed by atoms with Crippen molar-refractivity contribution in [3.8, 4) is 6.07 Å². The van der Waals surface area contributed by atoms with Gasteiger partial charge in [0, 0.05) is 6.42 Å². The molecule has 0 heterocycles. The summed E-state index contributed by atoms with van der Waals surface area (Å²) in [6, 6.07) is 15.0. The van der Waals surface area contributed by atoms with Gasteiger partial charge in [0.2, 0.25) is 0 Å². The first kappa shape index (κ1) is 13.3. The Hall–Kier alpha value is -2.18. The van der Waals surface area contributed by atoms with Crippen LogP contribution in [0.25, 0.3) is 0 Å². The van der Waals surface area contributed by atoms with E-state index in [1.165, 1.54) is 12.1 Å². The van der Waals surface area contributed by atoms with Gasteiger partial charge in [0.15, 0.2) is 0 Å². The van der Waals surface area contributed by atoms with Crippen molar-refractivity contribution in [3.63, 3.8) is 0 Å². The van der Waals surface area contributed by atoms with E-state index in [1.807, 2.05) is 0 Å². The van der Waals surface area contributed by atoms with Crippen LogP contribution in [-0.2, 0) is 12.0 Å². The topological polar surface area (TPSA) is 44.0 Å². The van der Waals surface area contributed by atoms with Crippen molar-refractivity contribution in [2.45, 2.75) is 18.9 Å². The zero-order valence-electron chi connectivity index (χ0n) is 10.6. The summed E-state index contributed by atoms with van der Waals surface area (Å²) in [7, 11) is 0. The Morgan fingerprint density at radius 1 is 1.21 bits per heavy atom. The molecule has 0 aliphatic carbocycles. The van der Waals surface area contributed by atoms with Gasteiger partial charge in [0.25, 0.3) is 0 Å². The van der Waals surface area contributed by atoms with Gasteiger partial charge in [-0.25, -0.2) is 4.39 Å². The van der Waals surface area contributed by atoms with E-state index in [1.54, 1.807) is 43.3 Å². The zero-order chi connectivity index (χ0) is 13.9. The van der Waals surface area contributed by atoms with Crippen LogP contribution in [-0.4, -0.2) is 5.11 Å². The van der Waals surface area contributed by atoms with E-state index >= 15 is 0 Å². The van der Waals surface area contributed by atoms with E-state index in [0.717, 1.165) is 5.56 Å². The van der Waals surface area contributed by atoms with Crippen molar-refractivity contribution in [2.75, 3.05) is 0 Å². The SMILES string of the molecule is CC(O)(Cc1ccc(F)cc1)c1cccc(C#N)c1. The molecular formula is C16H14FNO. The first-order chi connectivity index (χ1) is 9.01. The number of nitriles is 1. The van der Waals surface area contributed by atoms with Crippen LogP contribution >= 0.6 is 0 Å². The van der Waals surface area contributed by atoms with Gasteiger partial charge in [-0.2, -0.15) is 5.26 Å². The van der Waals surface area contributed by atoms with Crippen molar-refractivity contribution < 1.29 is 9.50 Å². The molecule has 2 aromatic carbocycles. The summed E-state index contributed by atoms with van der Waals surface area (Å²) < 4.78 is 12.8. The van der Waals surface area contributed by atoms with E-state index in [-0.39, 0.29) is 5.82 Å². The summed E-state index contributed by atoms with van der Waals surface area (Å²) in [6.45, 7) is 1.69. The van der Waals surface area contributed by atoms with Crippen LogP contribution in [0.3, 0.4) is 0 Å². The van der Waals surface area contributed by atoms with E-state index in [4.69, 9.17) is 5.26 Å². The number of nitrogens with zero attached hydrogens (tertiary/aromatic N) is 1. The molecule has 0 aromatic heterocycles. The van der Waals surface area contributed by atoms with Crippen LogP contribution in [0.4, 0.5) is 4.39 Å². The summed E-state index contributed by atoms with van der Waals surface area (Å²) in [6.07, 6.45) is 0.363. The molecular weight excluding hydrogens is 241 g/mol. The quantitative estimate of drug-likeness (QED) is 0.915. The molecule has 0 spiro atoms. The maximum Gasteiger partial charge on any atom is 0.123 e. The lowest BCUT2D eigenvalue weighted by atomic mass is 9.88. The largest absolute Gasteiger partial charge is 0.385 e. The molecule has 1 N–H and O–H groups in total. The predicted molar refractivity (Wildman–Crippen MR) is 70.8 cm³/mol. The third kappa shape index (κ3) is 3.18. The zero-order valence-corrected chi connectivity index (χ0v) is 10.6. The summed E-state index contributed by atoms with van der Waals surface area (Å²) >= 11 is 0. The Morgan fingerprint density at radius 2 is 1.89 bits per heavy atom. The van der Waals surface area contributed by atoms with Crippen LogP contribution in [0.15, 0.2) is 48.5 Å².